The van der Waals surface area contributed by atoms with Crippen LogP contribution >= 0.6 is 24.2 Å². The van der Waals surface area contributed by atoms with Gasteiger partial charge in [0.1, 0.15) is 5.75 Å². The highest BCUT2D eigenvalue weighted by Crippen LogP contribution is 2.26. The first-order valence-electron chi connectivity index (χ1n) is 7.35. The first kappa shape index (κ1) is 20.9. The molecule has 1 atom stereocenters. The van der Waals surface area contributed by atoms with Crippen molar-refractivity contribution in [2.45, 2.75) is 25.2 Å². The summed E-state index contributed by atoms with van der Waals surface area (Å²) in [5.41, 5.74) is 0.413. The number of amides is 1. The Labute approximate surface area is 149 Å². The van der Waals surface area contributed by atoms with E-state index < -0.39 is 6.36 Å². The number of para-hydroxylation sites is 1. The average Bonchev–Trinajstić information content (AvgIpc) is 2.48. The van der Waals surface area contributed by atoms with Crippen LogP contribution in [0.2, 0.25) is 0 Å². The van der Waals surface area contributed by atoms with Crippen molar-refractivity contribution < 1.29 is 22.7 Å². The fourth-order valence-electron chi connectivity index (χ4n) is 2.32. The molecule has 4 nitrogen and oxygen atoms in total. The minimum Gasteiger partial charge on any atom is -0.406 e. The largest absolute Gasteiger partial charge is 0.573 e. The number of carbonyl (C=O) groups excluding carboxylic acids is 1. The minimum absolute atomic E-state index is 0. The van der Waals surface area contributed by atoms with Crippen molar-refractivity contribution in [2.75, 3.05) is 24.6 Å². The normalized spacial score (nSPS) is 17.7. The Morgan fingerprint density at radius 3 is 2.79 bits per heavy atom. The second-order valence-corrected chi connectivity index (χ2v) is 6.34. The Kier molecular flexibility index (Phi) is 8.72. The van der Waals surface area contributed by atoms with Crippen molar-refractivity contribution in [3.05, 3.63) is 29.8 Å². The third-order valence-electron chi connectivity index (χ3n) is 3.35. The van der Waals surface area contributed by atoms with Crippen molar-refractivity contribution in [3.8, 4) is 5.75 Å². The van der Waals surface area contributed by atoms with E-state index >= 15 is 0 Å². The van der Waals surface area contributed by atoms with E-state index in [-0.39, 0.29) is 43.1 Å². The number of ether oxygens (including phenoxy) is 1. The van der Waals surface area contributed by atoms with Gasteiger partial charge in [0.15, 0.2) is 0 Å². The summed E-state index contributed by atoms with van der Waals surface area (Å²) in [6.45, 7) is 1.17. The van der Waals surface area contributed by atoms with Crippen LogP contribution < -0.4 is 15.4 Å². The maximum atomic E-state index is 12.3. The Bertz CT molecular complexity index is 526. The molecule has 1 heterocycles. The zero-order valence-electron chi connectivity index (χ0n) is 12.9. The molecule has 1 aliphatic heterocycles. The quantitative estimate of drug-likeness (QED) is 0.792. The van der Waals surface area contributed by atoms with Crippen LogP contribution in [-0.4, -0.2) is 42.9 Å². The number of benzene rings is 1. The molecule has 0 aromatic heterocycles. The first-order chi connectivity index (χ1) is 10.9. The molecule has 0 spiro atoms. The van der Waals surface area contributed by atoms with Gasteiger partial charge in [0, 0.05) is 37.1 Å². The summed E-state index contributed by atoms with van der Waals surface area (Å²) in [6.07, 6.45) is -4.05. The zero-order valence-corrected chi connectivity index (χ0v) is 14.5. The summed E-state index contributed by atoms with van der Waals surface area (Å²) in [6, 6.07) is 6.12. The van der Waals surface area contributed by atoms with Crippen molar-refractivity contribution in [1.82, 2.24) is 10.6 Å². The Morgan fingerprint density at radius 1 is 1.38 bits per heavy atom. The van der Waals surface area contributed by atoms with Gasteiger partial charge in [0.25, 0.3) is 0 Å². The number of alkyl halides is 3. The number of carbonyl (C=O) groups is 1. The molecule has 136 valence electrons. The van der Waals surface area contributed by atoms with Gasteiger partial charge in [-0.25, -0.2) is 0 Å². The van der Waals surface area contributed by atoms with Gasteiger partial charge in [-0.2, -0.15) is 11.8 Å². The second-order valence-electron chi connectivity index (χ2n) is 5.19. The van der Waals surface area contributed by atoms with E-state index in [9.17, 15) is 18.0 Å². The second kappa shape index (κ2) is 10.0. The van der Waals surface area contributed by atoms with E-state index in [4.69, 9.17) is 0 Å². The lowest BCUT2D eigenvalue weighted by atomic mass is 10.1. The van der Waals surface area contributed by atoms with E-state index in [0.717, 1.165) is 18.1 Å². The summed E-state index contributed by atoms with van der Waals surface area (Å²) < 4.78 is 41.0. The lowest BCUT2D eigenvalue weighted by Crippen LogP contribution is -2.41. The number of hydrogen-bond donors (Lipinski definition) is 2. The predicted octanol–water partition coefficient (Wildman–Crippen LogP) is 2.76. The van der Waals surface area contributed by atoms with Gasteiger partial charge >= 0.3 is 6.36 Å². The summed E-state index contributed by atoms with van der Waals surface area (Å²) >= 11 is 1.81. The molecule has 1 aliphatic rings. The van der Waals surface area contributed by atoms with E-state index in [1.54, 1.807) is 12.1 Å². The molecule has 1 unspecified atom stereocenters. The molecule has 1 amide bonds. The number of nitrogens with one attached hydrogen (secondary N) is 2. The molecule has 0 aliphatic carbocycles. The van der Waals surface area contributed by atoms with Crippen LogP contribution in [0.1, 0.15) is 12.0 Å². The number of halogens is 4. The van der Waals surface area contributed by atoms with Crippen LogP contribution in [0.15, 0.2) is 24.3 Å². The van der Waals surface area contributed by atoms with Gasteiger partial charge < -0.3 is 15.4 Å². The van der Waals surface area contributed by atoms with Gasteiger partial charge in [-0.1, -0.05) is 18.2 Å². The molecule has 24 heavy (non-hydrogen) atoms. The van der Waals surface area contributed by atoms with Gasteiger partial charge in [0.05, 0.1) is 0 Å². The third-order valence-corrected chi connectivity index (χ3v) is 4.48. The van der Waals surface area contributed by atoms with E-state index in [2.05, 4.69) is 15.4 Å². The van der Waals surface area contributed by atoms with Gasteiger partial charge in [-0.3, -0.25) is 4.79 Å². The molecule has 2 N–H and O–H groups in total. The number of thioether (sulfide) groups is 1. The monoisotopic (exact) mass is 384 g/mol. The Hall–Kier alpha value is -1.12. The number of rotatable bonds is 6. The van der Waals surface area contributed by atoms with E-state index in [0.29, 0.717) is 12.0 Å². The summed E-state index contributed by atoms with van der Waals surface area (Å²) in [5, 5.41) is 6.01. The average molecular weight is 385 g/mol. The van der Waals surface area contributed by atoms with Gasteiger partial charge in [0.2, 0.25) is 5.91 Å². The van der Waals surface area contributed by atoms with Crippen molar-refractivity contribution in [1.29, 1.82) is 0 Å². The highest BCUT2D eigenvalue weighted by Gasteiger charge is 2.31. The first-order valence-corrected chi connectivity index (χ1v) is 8.51. The van der Waals surface area contributed by atoms with Crippen molar-refractivity contribution in [2.24, 2.45) is 0 Å². The molecule has 0 bridgehead atoms. The van der Waals surface area contributed by atoms with Gasteiger partial charge in [-0.05, 0) is 18.1 Å². The third kappa shape index (κ3) is 7.63. The SMILES string of the molecule is Cl.O=C(CC1CSCCN1)NCCc1ccccc1OC(F)(F)F. The van der Waals surface area contributed by atoms with Crippen molar-refractivity contribution >= 4 is 30.1 Å². The molecular formula is C15H20ClF3N2O2S. The van der Waals surface area contributed by atoms with E-state index in [1.165, 1.54) is 12.1 Å². The zero-order chi connectivity index (χ0) is 16.7. The van der Waals surface area contributed by atoms with Crippen LogP contribution in [0.3, 0.4) is 0 Å². The van der Waals surface area contributed by atoms with Crippen LogP contribution in [0, 0.1) is 0 Å². The summed E-state index contributed by atoms with van der Waals surface area (Å²) in [4.78, 5) is 11.8. The highest BCUT2D eigenvalue weighted by atomic mass is 35.5. The van der Waals surface area contributed by atoms with Gasteiger partial charge in [-0.15, -0.1) is 25.6 Å². The Balaban J connectivity index is 0.00000288. The molecule has 0 saturated carbocycles. The smallest absolute Gasteiger partial charge is 0.406 e. The van der Waals surface area contributed by atoms with Crippen LogP contribution in [-0.2, 0) is 11.2 Å². The van der Waals surface area contributed by atoms with Crippen LogP contribution in [0.5, 0.6) is 5.75 Å². The number of hydrogen-bond acceptors (Lipinski definition) is 4. The van der Waals surface area contributed by atoms with Crippen LogP contribution in [0.4, 0.5) is 13.2 Å². The molecule has 1 saturated heterocycles. The fourth-order valence-corrected chi connectivity index (χ4v) is 3.27. The van der Waals surface area contributed by atoms with Crippen molar-refractivity contribution in [3.63, 3.8) is 0 Å². The summed E-state index contributed by atoms with van der Waals surface area (Å²) in [7, 11) is 0. The lowest BCUT2D eigenvalue weighted by Gasteiger charge is -2.22. The maximum absolute atomic E-state index is 12.3. The molecular weight excluding hydrogens is 365 g/mol. The molecule has 1 aromatic rings. The minimum atomic E-state index is -4.72. The summed E-state index contributed by atoms with van der Waals surface area (Å²) in [5.74, 6) is 1.63. The lowest BCUT2D eigenvalue weighted by molar-refractivity contribution is -0.274. The van der Waals surface area contributed by atoms with E-state index in [1.807, 2.05) is 11.8 Å². The van der Waals surface area contributed by atoms with Crippen LogP contribution in [0.25, 0.3) is 0 Å². The molecule has 0 radical (unpaired) electrons. The molecule has 1 fully saturated rings. The highest BCUT2D eigenvalue weighted by molar-refractivity contribution is 7.99. The molecule has 2 rings (SSSR count). The maximum Gasteiger partial charge on any atom is 0.573 e. The standard InChI is InChI=1S/C15H19F3N2O2S.ClH/c16-15(17,18)22-13-4-2-1-3-11(13)5-6-20-14(21)9-12-10-23-8-7-19-12;/h1-4,12,19H,5-10H2,(H,20,21);1H. The molecule has 9 heteroatoms. The topological polar surface area (TPSA) is 50.4 Å². The Morgan fingerprint density at radius 2 is 2.12 bits per heavy atom. The molecule has 1 aromatic carbocycles. The fraction of sp³-hybridized carbons (Fsp3) is 0.533. The predicted molar refractivity (Wildman–Crippen MR) is 90.8 cm³/mol.